The van der Waals surface area contributed by atoms with Crippen molar-refractivity contribution in [2.75, 3.05) is 19.7 Å². The number of ether oxygens (including phenoxy) is 1. The van der Waals surface area contributed by atoms with Gasteiger partial charge in [0.25, 0.3) is 5.91 Å². The first-order valence-electron chi connectivity index (χ1n) is 7.80. The molecule has 0 radical (unpaired) electrons. The van der Waals surface area contributed by atoms with Crippen molar-refractivity contribution in [3.05, 3.63) is 50.9 Å². The van der Waals surface area contributed by atoms with Crippen molar-refractivity contribution in [2.45, 2.75) is 24.9 Å². The summed E-state index contributed by atoms with van der Waals surface area (Å²) in [4.78, 5) is 19.9. The van der Waals surface area contributed by atoms with Crippen molar-refractivity contribution in [3.8, 4) is 0 Å². The highest BCUT2D eigenvalue weighted by Crippen LogP contribution is 2.44. The van der Waals surface area contributed by atoms with Crippen LogP contribution < -0.4 is 0 Å². The van der Waals surface area contributed by atoms with Gasteiger partial charge in [-0.3, -0.25) is 4.79 Å². The summed E-state index contributed by atoms with van der Waals surface area (Å²) in [6.45, 7) is 2.16. The van der Waals surface area contributed by atoms with Gasteiger partial charge in [0.15, 0.2) is 0 Å². The van der Waals surface area contributed by atoms with E-state index in [1.807, 2.05) is 4.90 Å². The van der Waals surface area contributed by atoms with Crippen LogP contribution in [0, 0.1) is 0 Å². The topological polar surface area (TPSA) is 42.4 Å². The van der Waals surface area contributed by atoms with Crippen molar-refractivity contribution in [1.82, 2.24) is 9.88 Å². The Kier molecular flexibility index (Phi) is 3.87. The lowest BCUT2D eigenvalue weighted by atomic mass is 9.85. The van der Waals surface area contributed by atoms with E-state index in [1.165, 1.54) is 16.6 Å². The van der Waals surface area contributed by atoms with Crippen molar-refractivity contribution >= 4 is 28.8 Å². The Labute approximate surface area is 144 Å². The van der Waals surface area contributed by atoms with Gasteiger partial charge in [-0.15, -0.1) is 11.3 Å². The van der Waals surface area contributed by atoms with Crippen molar-refractivity contribution in [3.63, 3.8) is 0 Å². The Bertz CT molecular complexity index is 720. The summed E-state index contributed by atoms with van der Waals surface area (Å²) in [6.07, 6.45) is 4.21. The van der Waals surface area contributed by atoms with Crippen LogP contribution in [0.1, 0.15) is 33.8 Å². The van der Waals surface area contributed by atoms with Gasteiger partial charge >= 0.3 is 0 Å². The van der Waals surface area contributed by atoms with Gasteiger partial charge in [-0.25, -0.2) is 4.98 Å². The molecule has 1 saturated heterocycles. The molecule has 0 aliphatic carbocycles. The average molecular weight is 349 g/mol. The van der Waals surface area contributed by atoms with E-state index in [-0.39, 0.29) is 11.5 Å². The van der Waals surface area contributed by atoms with Crippen LogP contribution in [0.3, 0.4) is 0 Å². The predicted molar refractivity (Wildman–Crippen MR) is 90.0 cm³/mol. The summed E-state index contributed by atoms with van der Waals surface area (Å²) < 4.78 is 6.18. The third-order valence-electron chi connectivity index (χ3n) is 4.72. The Balaban J connectivity index is 1.50. The van der Waals surface area contributed by atoms with E-state index in [4.69, 9.17) is 16.3 Å². The Morgan fingerprint density at radius 2 is 2.13 bits per heavy atom. The average Bonchev–Trinajstić information content (AvgIpc) is 3.06. The second-order valence-electron chi connectivity index (χ2n) is 6.02. The van der Waals surface area contributed by atoms with Crippen LogP contribution in [0.4, 0.5) is 0 Å². The molecule has 1 spiro atoms. The molecule has 4 rings (SSSR count). The zero-order valence-corrected chi connectivity index (χ0v) is 14.2. The molecule has 2 aliphatic heterocycles. The number of halogens is 1. The number of amides is 1. The van der Waals surface area contributed by atoms with Gasteiger partial charge in [0.2, 0.25) is 0 Å². The number of hydrogen-bond donors (Lipinski definition) is 0. The van der Waals surface area contributed by atoms with Gasteiger partial charge in [0.05, 0.1) is 11.6 Å². The highest BCUT2D eigenvalue weighted by atomic mass is 35.5. The molecule has 6 heteroatoms. The molecule has 0 aromatic carbocycles. The van der Waals surface area contributed by atoms with Crippen LogP contribution in [0.25, 0.3) is 0 Å². The van der Waals surface area contributed by atoms with E-state index >= 15 is 0 Å². The van der Waals surface area contributed by atoms with E-state index in [9.17, 15) is 4.79 Å². The number of pyridine rings is 1. The van der Waals surface area contributed by atoms with Gasteiger partial charge in [-0.05, 0) is 48.4 Å². The van der Waals surface area contributed by atoms with E-state index in [2.05, 4.69) is 16.4 Å². The maximum Gasteiger partial charge on any atom is 0.272 e. The van der Waals surface area contributed by atoms with Gasteiger partial charge in [0.1, 0.15) is 11.3 Å². The number of aromatic nitrogens is 1. The molecule has 1 amide bonds. The number of thiophene rings is 1. The van der Waals surface area contributed by atoms with Crippen LogP contribution in [-0.2, 0) is 16.8 Å². The van der Waals surface area contributed by atoms with E-state index in [0.29, 0.717) is 23.8 Å². The number of carbonyl (C=O) groups excluding carboxylic acids is 1. The van der Waals surface area contributed by atoms with Crippen LogP contribution in [-0.4, -0.2) is 35.5 Å². The van der Waals surface area contributed by atoms with Crippen LogP contribution >= 0.6 is 22.9 Å². The summed E-state index contributed by atoms with van der Waals surface area (Å²) in [5.41, 5.74) is 1.68. The Morgan fingerprint density at radius 3 is 2.87 bits per heavy atom. The minimum atomic E-state index is -0.189. The lowest BCUT2D eigenvalue weighted by Crippen LogP contribution is -2.48. The number of hydrogen-bond acceptors (Lipinski definition) is 4. The first kappa shape index (κ1) is 15.1. The quantitative estimate of drug-likeness (QED) is 0.792. The van der Waals surface area contributed by atoms with Gasteiger partial charge in [0, 0.05) is 24.2 Å². The zero-order chi connectivity index (χ0) is 15.9. The SMILES string of the molecule is O=C(c1ccc(Cl)cn1)N1CCC2(CC1)OCCc1ccsc12. The van der Waals surface area contributed by atoms with E-state index < -0.39 is 0 Å². The molecular weight excluding hydrogens is 332 g/mol. The highest BCUT2D eigenvalue weighted by molar-refractivity contribution is 7.10. The molecular formula is C17H17ClN2O2S. The normalized spacial score (nSPS) is 19.6. The molecule has 120 valence electrons. The van der Waals surface area contributed by atoms with Crippen molar-refractivity contribution in [2.24, 2.45) is 0 Å². The fourth-order valence-corrected chi connectivity index (χ4v) is 4.74. The number of fused-ring (bicyclic) bond motifs is 2. The van der Waals surface area contributed by atoms with Crippen LogP contribution in [0.2, 0.25) is 5.02 Å². The third-order valence-corrected chi connectivity index (χ3v) is 6.08. The molecule has 0 N–H and O–H groups in total. The van der Waals surface area contributed by atoms with Crippen molar-refractivity contribution in [1.29, 1.82) is 0 Å². The minimum absolute atomic E-state index is 0.0290. The number of carbonyl (C=O) groups is 1. The summed E-state index contributed by atoms with van der Waals surface area (Å²) in [5, 5.41) is 2.69. The maximum atomic E-state index is 12.6. The first-order valence-corrected chi connectivity index (χ1v) is 9.05. The molecule has 0 bridgehead atoms. The summed E-state index contributed by atoms with van der Waals surface area (Å²) in [5.74, 6) is -0.0290. The molecule has 2 aromatic heterocycles. The molecule has 0 saturated carbocycles. The lowest BCUT2D eigenvalue weighted by molar-refractivity contribution is -0.0906. The summed E-state index contributed by atoms with van der Waals surface area (Å²) in [6, 6.07) is 5.60. The minimum Gasteiger partial charge on any atom is -0.369 e. The number of piperidine rings is 1. The molecule has 0 atom stereocenters. The maximum absolute atomic E-state index is 12.6. The second-order valence-corrected chi connectivity index (χ2v) is 7.37. The second kappa shape index (κ2) is 5.89. The summed E-state index contributed by atoms with van der Waals surface area (Å²) >= 11 is 7.62. The molecule has 4 nitrogen and oxygen atoms in total. The van der Waals surface area contributed by atoms with Crippen LogP contribution in [0.5, 0.6) is 0 Å². The number of nitrogens with zero attached hydrogens (tertiary/aromatic N) is 2. The standard InChI is InChI=1S/C17H17ClN2O2S/c18-13-1-2-14(19-11-13)16(21)20-7-5-17(6-8-20)15-12(3-9-22-17)4-10-23-15/h1-2,4,10-11H,3,5-9H2. The third kappa shape index (κ3) is 2.67. The summed E-state index contributed by atoms with van der Waals surface area (Å²) in [7, 11) is 0. The number of likely N-dealkylation sites (tertiary alicyclic amines) is 1. The zero-order valence-electron chi connectivity index (χ0n) is 12.6. The fourth-order valence-electron chi connectivity index (χ4n) is 3.46. The van der Waals surface area contributed by atoms with Crippen molar-refractivity contribution < 1.29 is 9.53 Å². The molecule has 2 aliphatic rings. The molecule has 23 heavy (non-hydrogen) atoms. The molecule has 1 fully saturated rings. The Hall–Kier alpha value is -1.43. The predicted octanol–water partition coefficient (Wildman–Crippen LogP) is 3.50. The number of rotatable bonds is 1. The van der Waals surface area contributed by atoms with Gasteiger partial charge in [-0.1, -0.05) is 11.6 Å². The monoisotopic (exact) mass is 348 g/mol. The fraction of sp³-hybridized carbons (Fsp3) is 0.412. The van der Waals surface area contributed by atoms with E-state index in [1.54, 1.807) is 23.5 Å². The lowest BCUT2D eigenvalue weighted by Gasteiger charge is -2.43. The van der Waals surface area contributed by atoms with E-state index in [0.717, 1.165) is 25.9 Å². The Morgan fingerprint density at radius 1 is 1.30 bits per heavy atom. The van der Waals surface area contributed by atoms with Gasteiger partial charge in [-0.2, -0.15) is 0 Å². The highest BCUT2D eigenvalue weighted by Gasteiger charge is 2.42. The van der Waals surface area contributed by atoms with Crippen LogP contribution in [0.15, 0.2) is 29.8 Å². The smallest absolute Gasteiger partial charge is 0.272 e. The van der Waals surface area contributed by atoms with Gasteiger partial charge < -0.3 is 9.64 Å². The first-order chi connectivity index (χ1) is 11.2. The molecule has 4 heterocycles. The molecule has 2 aromatic rings. The largest absolute Gasteiger partial charge is 0.369 e. The molecule has 0 unspecified atom stereocenters.